The lowest BCUT2D eigenvalue weighted by Gasteiger charge is -2.24. The monoisotopic (exact) mass is 142 g/mol. The predicted molar refractivity (Wildman–Crippen MR) is 34.4 cm³/mol. The third kappa shape index (κ3) is 0.785. The topological polar surface area (TPSA) is 38.7 Å². The minimum absolute atomic E-state index is 0.0613. The smallest absolute Gasteiger partial charge is 0.161 e. The number of fused-ring (bicyclic) bond motifs is 2. The van der Waals surface area contributed by atoms with Crippen LogP contribution in [-0.2, 0) is 9.47 Å². The molecule has 2 saturated heterocycles. The fraction of sp³-hybridized carbons (Fsp3) is 0.714. The number of hydrogen-bond donors (Lipinski definition) is 1. The van der Waals surface area contributed by atoms with E-state index in [0.717, 1.165) is 5.57 Å². The molecule has 0 aromatic heterocycles. The van der Waals surface area contributed by atoms with Gasteiger partial charge in [-0.2, -0.15) is 0 Å². The van der Waals surface area contributed by atoms with Gasteiger partial charge in [0.2, 0.25) is 0 Å². The van der Waals surface area contributed by atoms with Crippen LogP contribution in [0.4, 0.5) is 0 Å². The zero-order valence-corrected chi connectivity index (χ0v) is 5.62. The van der Waals surface area contributed by atoms with Gasteiger partial charge in [-0.1, -0.05) is 6.58 Å². The predicted octanol–water partition coefficient (Wildman–Crippen LogP) is 0.0487. The summed E-state index contributed by atoms with van der Waals surface area (Å²) in [5.74, 6) is 0. The van der Waals surface area contributed by atoms with E-state index in [4.69, 9.17) is 9.47 Å². The molecule has 0 aliphatic carbocycles. The van der Waals surface area contributed by atoms with Crippen molar-refractivity contribution in [3.63, 3.8) is 0 Å². The van der Waals surface area contributed by atoms with Crippen LogP contribution in [0.1, 0.15) is 6.42 Å². The minimum Gasteiger partial charge on any atom is -0.388 e. The summed E-state index contributed by atoms with van der Waals surface area (Å²) in [7, 11) is 0. The van der Waals surface area contributed by atoms with Crippen molar-refractivity contribution in [2.45, 2.75) is 24.9 Å². The fourth-order valence-electron chi connectivity index (χ4n) is 1.32. The maximum atomic E-state index is 9.30. The van der Waals surface area contributed by atoms with Gasteiger partial charge in [-0.05, 0) is 5.57 Å². The third-order valence-electron chi connectivity index (χ3n) is 2.01. The molecule has 0 saturated carbocycles. The summed E-state index contributed by atoms with van der Waals surface area (Å²) in [6.45, 7) is 4.28. The Morgan fingerprint density at radius 1 is 1.60 bits per heavy atom. The molecule has 0 spiro atoms. The third-order valence-corrected chi connectivity index (χ3v) is 2.01. The van der Waals surface area contributed by atoms with Crippen LogP contribution in [0.3, 0.4) is 0 Å². The molecule has 3 nitrogen and oxygen atoms in total. The van der Waals surface area contributed by atoms with Crippen molar-refractivity contribution in [1.29, 1.82) is 0 Å². The Hall–Kier alpha value is -0.380. The Labute approximate surface area is 59.2 Å². The highest BCUT2D eigenvalue weighted by molar-refractivity contribution is 5.13. The Morgan fingerprint density at radius 3 is 3.20 bits per heavy atom. The molecule has 3 heteroatoms. The molecule has 2 aliphatic rings. The Bertz CT molecular complexity index is 166. The molecule has 1 N–H and O–H groups in total. The van der Waals surface area contributed by atoms with Gasteiger partial charge in [-0.25, -0.2) is 0 Å². The highest BCUT2D eigenvalue weighted by atomic mass is 16.7. The molecule has 0 amide bonds. The zero-order valence-electron chi connectivity index (χ0n) is 5.62. The van der Waals surface area contributed by atoms with Crippen molar-refractivity contribution in [3.05, 3.63) is 12.2 Å². The highest BCUT2D eigenvalue weighted by Crippen LogP contribution is 2.29. The molecule has 2 heterocycles. The summed E-state index contributed by atoms with van der Waals surface area (Å²) < 4.78 is 10.5. The van der Waals surface area contributed by atoms with E-state index in [9.17, 15) is 5.11 Å². The summed E-state index contributed by atoms with van der Waals surface area (Å²) in [5, 5.41) is 9.30. The van der Waals surface area contributed by atoms with Crippen LogP contribution < -0.4 is 0 Å². The van der Waals surface area contributed by atoms with Gasteiger partial charge < -0.3 is 14.6 Å². The van der Waals surface area contributed by atoms with Crippen molar-refractivity contribution < 1.29 is 14.6 Å². The summed E-state index contributed by atoms with van der Waals surface area (Å²) in [5.41, 5.74) is 0.758. The number of aliphatic hydroxyl groups is 1. The van der Waals surface area contributed by atoms with Gasteiger partial charge in [0.25, 0.3) is 0 Å². The quantitative estimate of drug-likeness (QED) is 0.486. The van der Waals surface area contributed by atoms with Crippen molar-refractivity contribution in [2.75, 3.05) is 6.61 Å². The summed E-state index contributed by atoms with van der Waals surface area (Å²) in [6, 6.07) is 0. The average Bonchev–Trinajstić information content (AvgIpc) is 2.29. The summed E-state index contributed by atoms with van der Waals surface area (Å²) in [6.07, 6.45) is -0.138. The van der Waals surface area contributed by atoms with Crippen LogP contribution in [0, 0.1) is 0 Å². The van der Waals surface area contributed by atoms with Gasteiger partial charge in [0, 0.05) is 6.42 Å². The number of rotatable bonds is 0. The minimum atomic E-state index is -0.425. The highest BCUT2D eigenvalue weighted by Gasteiger charge is 2.37. The molecule has 10 heavy (non-hydrogen) atoms. The van der Waals surface area contributed by atoms with Crippen molar-refractivity contribution in [3.8, 4) is 0 Å². The van der Waals surface area contributed by atoms with Crippen molar-refractivity contribution in [1.82, 2.24) is 0 Å². The molecular weight excluding hydrogens is 132 g/mol. The molecule has 0 unspecified atom stereocenters. The van der Waals surface area contributed by atoms with E-state index >= 15 is 0 Å². The Balaban J connectivity index is 2.17. The van der Waals surface area contributed by atoms with Crippen LogP contribution >= 0.6 is 0 Å². The maximum absolute atomic E-state index is 9.30. The Morgan fingerprint density at radius 2 is 2.40 bits per heavy atom. The molecule has 2 rings (SSSR count). The molecule has 0 aromatic carbocycles. The van der Waals surface area contributed by atoms with Gasteiger partial charge >= 0.3 is 0 Å². The normalized spacial score (nSPS) is 46.1. The second kappa shape index (κ2) is 2.05. The van der Waals surface area contributed by atoms with Gasteiger partial charge in [0.15, 0.2) is 6.29 Å². The fourth-order valence-corrected chi connectivity index (χ4v) is 1.32. The van der Waals surface area contributed by atoms with Crippen LogP contribution in [-0.4, -0.2) is 30.2 Å². The maximum Gasteiger partial charge on any atom is 0.161 e. The molecule has 56 valence electrons. The summed E-state index contributed by atoms with van der Waals surface area (Å²) >= 11 is 0. The average molecular weight is 142 g/mol. The lowest BCUT2D eigenvalue weighted by Crippen LogP contribution is -2.31. The van der Waals surface area contributed by atoms with Crippen molar-refractivity contribution >= 4 is 0 Å². The number of ether oxygens (including phenoxy) is 2. The van der Waals surface area contributed by atoms with Gasteiger partial charge in [-0.3, -0.25) is 0 Å². The van der Waals surface area contributed by atoms with E-state index in [1.807, 2.05) is 0 Å². The number of aliphatic hydroxyl groups excluding tert-OH is 1. The Kier molecular flexibility index (Phi) is 1.30. The lowest BCUT2D eigenvalue weighted by atomic mass is 10.0. The second-order valence-corrected chi connectivity index (χ2v) is 2.71. The first-order chi connectivity index (χ1) is 4.77. The largest absolute Gasteiger partial charge is 0.388 e. The molecule has 3 atom stereocenters. The first-order valence-electron chi connectivity index (χ1n) is 3.41. The molecule has 2 aliphatic heterocycles. The molecule has 2 bridgehead atoms. The van der Waals surface area contributed by atoms with Gasteiger partial charge in [0.05, 0.1) is 12.7 Å². The van der Waals surface area contributed by atoms with E-state index in [1.54, 1.807) is 0 Å². The SMILES string of the molecule is C=C1[C@H](O)C[C@H]2OC[C@H]1O2. The second-order valence-electron chi connectivity index (χ2n) is 2.71. The first-order valence-corrected chi connectivity index (χ1v) is 3.41. The summed E-state index contributed by atoms with van der Waals surface area (Å²) in [4.78, 5) is 0. The van der Waals surface area contributed by atoms with Crippen LogP contribution in [0.15, 0.2) is 12.2 Å². The first kappa shape index (κ1) is 6.34. The van der Waals surface area contributed by atoms with E-state index in [-0.39, 0.29) is 12.4 Å². The molecule has 2 fully saturated rings. The van der Waals surface area contributed by atoms with Gasteiger partial charge in [-0.15, -0.1) is 0 Å². The lowest BCUT2D eigenvalue weighted by molar-refractivity contribution is -0.0943. The molecular formula is C7H10O3. The van der Waals surface area contributed by atoms with Crippen molar-refractivity contribution in [2.24, 2.45) is 0 Å². The van der Waals surface area contributed by atoms with E-state index in [2.05, 4.69) is 6.58 Å². The standard InChI is InChI=1S/C7H10O3/c1-4-5(8)2-7-9-3-6(4)10-7/h5-8H,1-3H2/t5-,6-,7+/m1/s1. The van der Waals surface area contributed by atoms with Crippen LogP contribution in [0.2, 0.25) is 0 Å². The van der Waals surface area contributed by atoms with Crippen LogP contribution in [0.5, 0.6) is 0 Å². The molecule has 0 aromatic rings. The van der Waals surface area contributed by atoms with Crippen LogP contribution in [0.25, 0.3) is 0 Å². The molecule has 0 radical (unpaired) electrons. The van der Waals surface area contributed by atoms with E-state index in [1.165, 1.54) is 0 Å². The van der Waals surface area contributed by atoms with Gasteiger partial charge in [0.1, 0.15) is 6.10 Å². The van der Waals surface area contributed by atoms with E-state index < -0.39 is 6.10 Å². The number of hydrogen-bond acceptors (Lipinski definition) is 3. The van der Waals surface area contributed by atoms with E-state index in [0.29, 0.717) is 13.0 Å². The zero-order chi connectivity index (χ0) is 7.14.